The zero-order valence-electron chi connectivity index (χ0n) is 11.5. The molecule has 22 heavy (non-hydrogen) atoms. The van der Waals surface area contributed by atoms with Crippen LogP contribution in [0.1, 0.15) is 23.3 Å². The summed E-state index contributed by atoms with van der Waals surface area (Å²) in [6.45, 7) is 1.54. The standard InChI is InChI=1S/C13H12N4O5/c1-8(16-7-11(6-14-16)17(21)22)12(18)15-10-4-2-9(3-5-10)13(19)20/h2-8H,1H3,(H,15,18)(H,19,20)/t8-/m0/s1. The zero-order valence-corrected chi connectivity index (χ0v) is 11.5. The average molecular weight is 304 g/mol. The van der Waals surface area contributed by atoms with Crippen molar-refractivity contribution in [1.82, 2.24) is 9.78 Å². The number of nitro groups is 1. The van der Waals surface area contributed by atoms with Crippen molar-refractivity contribution in [2.75, 3.05) is 5.32 Å². The number of aromatic nitrogens is 2. The van der Waals surface area contributed by atoms with Crippen molar-refractivity contribution in [3.05, 3.63) is 52.3 Å². The van der Waals surface area contributed by atoms with E-state index in [1.165, 1.54) is 35.9 Å². The molecule has 0 saturated carbocycles. The Kier molecular flexibility index (Phi) is 4.16. The lowest BCUT2D eigenvalue weighted by molar-refractivity contribution is -0.385. The van der Waals surface area contributed by atoms with Crippen LogP contribution in [-0.2, 0) is 4.79 Å². The molecule has 0 saturated heterocycles. The summed E-state index contributed by atoms with van der Waals surface area (Å²) in [4.78, 5) is 32.8. The number of hydrogen-bond donors (Lipinski definition) is 2. The summed E-state index contributed by atoms with van der Waals surface area (Å²) >= 11 is 0. The first-order valence-electron chi connectivity index (χ1n) is 6.21. The molecule has 1 aromatic carbocycles. The van der Waals surface area contributed by atoms with Crippen LogP contribution < -0.4 is 5.32 Å². The van der Waals surface area contributed by atoms with E-state index < -0.39 is 22.8 Å². The number of carbonyl (C=O) groups excluding carboxylic acids is 1. The van der Waals surface area contributed by atoms with Gasteiger partial charge in [-0.1, -0.05) is 0 Å². The Hall–Kier alpha value is -3.23. The van der Waals surface area contributed by atoms with Crippen molar-refractivity contribution >= 4 is 23.3 Å². The summed E-state index contributed by atoms with van der Waals surface area (Å²) in [5.41, 5.74) is 0.322. The molecule has 1 amide bonds. The minimum atomic E-state index is -1.06. The van der Waals surface area contributed by atoms with Gasteiger partial charge in [-0.2, -0.15) is 5.10 Å². The van der Waals surface area contributed by atoms with E-state index in [2.05, 4.69) is 10.4 Å². The van der Waals surface area contributed by atoms with Crippen LogP contribution in [0.2, 0.25) is 0 Å². The predicted molar refractivity (Wildman–Crippen MR) is 75.6 cm³/mol. The fourth-order valence-electron chi connectivity index (χ4n) is 1.70. The third-order valence-corrected chi connectivity index (χ3v) is 2.97. The highest BCUT2D eigenvalue weighted by molar-refractivity contribution is 5.94. The van der Waals surface area contributed by atoms with Crippen LogP contribution in [0.25, 0.3) is 0 Å². The van der Waals surface area contributed by atoms with Gasteiger partial charge in [-0.15, -0.1) is 0 Å². The number of aromatic carboxylic acids is 1. The number of nitrogens with zero attached hydrogens (tertiary/aromatic N) is 3. The summed E-state index contributed by atoms with van der Waals surface area (Å²) < 4.78 is 1.18. The first-order chi connectivity index (χ1) is 10.4. The Morgan fingerprint density at radius 3 is 2.50 bits per heavy atom. The maximum atomic E-state index is 12.1. The first kappa shape index (κ1) is 15.2. The SMILES string of the molecule is C[C@@H](C(=O)Nc1ccc(C(=O)O)cc1)n1cc([N+](=O)[O-])cn1. The Morgan fingerprint density at radius 1 is 1.36 bits per heavy atom. The minimum absolute atomic E-state index is 0.105. The second-order valence-electron chi connectivity index (χ2n) is 4.48. The summed E-state index contributed by atoms with van der Waals surface area (Å²) in [6, 6.07) is 4.88. The Balaban J connectivity index is 2.07. The van der Waals surface area contributed by atoms with E-state index in [1.807, 2.05) is 0 Å². The van der Waals surface area contributed by atoms with Crippen molar-refractivity contribution in [3.63, 3.8) is 0 Å². The number of hydrogen-bond acceptors (Lipinski definition) is 5. The maximum absolute atomic E-state index is 12.1. The molecule has 0 bridgehead atoms. The van der Waals surface area contributed by atoms with E-state index in [0.717, 1.165) is 12.4 Å². The lowest BCUT2D eigenvalue weighted by atomic mass is 10.2. The number of carboxylic acid groups (broad SMARTS) is 1. The number of nitrogens with one attached hydrogen (secondary N) is 1. The highest BCUT2D eigenvalue weighted by Gasteiger charge is 2.19. The van der Waals surface area contributed by atoms with E-state index in [1.54, 1.807) is 0 Å². The van der Waals surface area contributed by atoms with E-state index in [-0.39, 0.29) is 11.3 Å². The molecule has 0 spiro atoms. The first-order valence-corrected chi connectivity index (χ1v) is 6.21. The molecule has 2 aromatic rings. The largest absolute Gasteiger partial charge is 0.478 e. The van der Waals surface area contributed by atoms with Gasteiger partial charge < -0.3 is 10.4 Å². The molecule has 9 nitrogen and oxygen atoms in total. The zero-order chi connectivity index (χ0) is 16.3. The van der Waals surface area contributed by atoms with Gasteiger partial charge in [-0.25, -0.2) is 4.79 Å². The normalized spacial score (nSPS) is 11.7. The number of anilines is 1. The number of carboxylic acids is 1. The number of benzene rings is 1. The molecule has 0 aliphatic rings. The van der Waals surface area contributed by atoms with Gasteiger partial charge in [-0.05, 0) is 31.2 Å². The minimum Gasteiger partial charge on any atom is -0.478 e. The van der Waals surface area contributed by atoms with Gasteiger partial charge in [0.1, 0.15) is 18.4 Å². The van der Waals surface area contributed by atoms with E-state index in [9.17, 15) is 19.7 Å². The number of amides is 1. The van der Waals surface area contributed by atoms with Crippen molar-refractivity contribution in [2.24, 2.45) is 0 Å². The molecule has 9 heteroatoms. The topological polar surface area (TPSA) is 127 Å². The fourth-order valence-corrected chi connectivity index (χ4v) is 1.70. The van der Waals surface area contributed by atoms with E-state index >= 15 is 0 Å². The van der Waals surface area contributed by atoms with Gasteiger partial charge in [0.15, 0.2) is 0 Å². The highest BCUT2D eigenvalue weighted by Crippen LogP contribution is 2.16. The smallest absolute Gasteiger partial charge is 0.335 e. The molecular formula is C13H12N4O5. The quantitative estimate of drug-likeness (QED) is 0.639. The van der Waals surface area contributed by atoms with Crippen molar-refractivity contribution < 1.29 is 19.6 Å². The van der Waals surface area contributed by atoms with Gasteiger partial charge in [-0.3, -0.25) is 19.6 Å². The molecule has 1 atom stereocenters. The molecule has 0 fully saturated rings. The molecule has 1 aromatic heterocycles. The number of rotatable bonds is 5. The second-order valence-corrected chi connectivity index (χ2v) is 4.48. The molecular weight excluding hydrogens is 292 g/mol. The Bertz CT molecular complexity index is 722. The molecule has 1 heterocycles. The van der Waals surface area contributed by atoms with Crippen LogP contribution >= 0.6 is 0 Å². The van der Waals surface area contributed by atoms with Crippen LogP contribution in [0.4, 0.5) is 11.4 Å². The Labute approximate surface area is 124 Å². The van der Waals surface area contributed by atoms with E-state index in [0.29, 0.717) is 5.69 Å². The van der Waals surface area contributed by atoms with Gasteiger partial charge in [0.2, 0.25) is 5.91 Å². The maximum Gasteiger partial charge on any atom is 0.335 e. The average Bonchev–Trinajstić information content (AvgIpc) is 2.97. The number of carbonyl (C=O) groups is 2. The monoisotopic (exact) mass is 304 g/mol. The molecule has 0 radical (unpaired) electrons. The fraction of sp³-hybridized carbons (Fsp3) is 0.154. The van der Waals surface area contributed by atoms with Crippen molar-refractivity contribution in [3.8, 4) is 0 Å². The molecule has 0 aliphatic carbocycles. The summed E-state index contributed by atoms with van der Waals surface area (Å²) in [7, 11) is 0. The lowest BCUT2D eigenvalue weighted by Gasteiger charge is -2.12. The molecule has 0 unspecified atom stereocenters. The van der Waals surface area contributed by atoms with Gasteiger partial charge >= 0.3 is 11.7 Å². The van der Waals surface area contributed by atoms with Crippen molar-refractivity contribution in [2.45, 2.75) is 13.0 Å². The highest BCUT2D eigenvalue weighted by atomic mass is 16.6. The third kappa shape index (κ3) is 3.26. The van der Waals surface area contributed by atoms with Gasteiger partial charge in [0.25, 0.3) is 0 Å². The summed E-state index contributed by atoms with van der Waals surface area (Å²) in [6.07, 6.45) is 2.23. The Morgan fingerprint density at radius 2 is 2.00 bits per heavy atom. The molecule has 2 rings (SSSR count). The summed E-state index contributed by atoms with van der Waals surface area (Å²) in [5.74, 6) is -1.49. The van der Waals surface area contributed by atoms with Gasteiger partial charge in [0, 0.05) is 5.69 Å². The molecule has 114 valence electrons. The summed E-state index contributed by atoms with van der Waals surface area (Å²) in [5, 5.41) is 25.7. The van der Waals surface area contributed by atoms with E-state index in [4.69, 9.17) is 5.11 Å². The molecule has 0 aliphatic heterocycles. The van der Waals surface area contributed by atoms with Gasteiger partial charge in [0.05, 0.1) is 10.5 Å². The predicted octanol–water partition coefficient (Wildman–Crippen LogP) is 1.69. The van der Waals surface area contributed by atoms with Crippen LogP contribution in [0.5, 0.6) is 0 Å². The van der Waals surface area contributed by atoms with Crippen LogP contribution in [0, 0.1) is 10.1 Å². The van der Waals surface area contributed by atoms with Crippen molar-refractivity contribution in [1.29, 1.82) is 0 Å². The molecule has 2 N–H and O–H groups in total. The third-order valence-electron chi connectivity index (χ3n) is 2.97. The van der Waals surface area contributed by atoms with Crippen LogP contribution in [-0.4, -0.2) is 31.7 Å². The van der Waals surface area contributed by atoms with Crippen LogP contribution in [0.15, 0.2) is 36.7 Å². The second kappa shape index (κ2) is 6.04. The lowest BCUT2D eigenvalue weighted by Crippen LogP contribution is -2.24. The van der Waals surface area contributed by atoms with Crippen LogP contribution in [0.3, 0.4) is 0 Å².